The molecule has 0 N–H and O–H groups in total. The van der Waals surface area contributed by atoms with Gasteiger partial charge in [0.25, 0.3) is 0 Å². The third kappa shape index (κ3) is 4.32. The number of benzene rings is 3. The first kappa shape index (κ1) is 15.5. The highest BCUT2D eigenvalue weighted by molar-refractivity contribution is 5.49. The van der Waals surface area contributed by atoms with Crippen LogP contribution in [0.2, 0.25) is 0 Å². The van der Waals surface area contributed by atoms with Crippen LogP contribution in [-0.2, 0) is 0 Å². The van der Waals surface area contributed by atoms with Gasteiger partial charge in [-0.2, -0.15) is 0 Å². The van der Waals surface area contributed by atoms with Gasteiger partial charge in [-0.15, -0.1) is 0 Å². The molecule has 0 saturated heterocycles. The second-order valence-electron chi connectivity index (χ2n) is 5.09. The zero-order valence-corrected chi connectivity index (χ0v) is 12.7. The maximum absolute atomic E-state index is 12.9. The van der Waals surface area contributed by atoms with Gasteiger partial charge < -0.3 is 0 Å². The van der Waals surface area contributed by atoms with Gasteiger partial charge in [-0.1, -0.05) is 29.7 Å². The molecule has 0 aliphatic carbocycles. The average Bonchev–Trinajstić information content (AvgIpc) is 2.61. The number of hydrogen-bond acceptors (Lipinski definition) is 0. The minimum absolute atomic E-state index is 0.279. The molecule has 0 spiro atoms. The lowest BCUT2D eigenvalue weighted by Crippen LogP contribution is -1.81. The van der Waals surface area contributed by atoms with Gasteiger partial charge in [-0.25, -0.2) is 8.78 Å². The van der Waals surface area contributed by atoms with Crippen molar-refractivity contribution < 1.29 is 8.78 Å². The van der Waals surface area contributed by atoms with Gasteiger partial charge >= 0.3 is 0 Å². The molecule has 114 valence electrons. The largest absolute Gasteiger partial charge is 0.207 e. The Balaban J connectivity index is 1.80. The molecule has 3 aromatic carbocycles. The minimum atomic E-state index is -0.279. The second-order valence-corrected chi connectivity index (χ2v) is 5.09. The molecule has 0 aliphatic rings. The van der Waals surface area contributed by atoms with Crippen molar-refractivity contribution in [3.8, 4) is 23.7 Å². The van der Waals surface area contributed by atoms with E-state index in [1.165, 1.54) is 24.3 Å². The van der Waals surface area contributed by atoms with Crippen LogP contribution in [0.1, 0.15) is 22.3 Å². The molecule has 0 unspecified atom stereocenters. The van der Waals surface area contributed by atoms with Gasteiger partial charge in [-0.3, -0.25) is 0 Å². The van der Waals surface area contributed by atoms with Crippen LogP contribution in [0.15, 0.2) is 72.8 Å². The molecule has 0 aromatic heterocycles. The maximum Gasteiger partial charge on any atom is 0.123 e. The second kappa shape index (κ2) is 7.27. The summed E-state index contributed by atoms with van der Waals surface area (Å²) in [5.41, 5.74) is 3.15. The molecular weight excluding hydrogens is 302 g/mol. The Morgan fingerprint density at radius 3 is 1.25 bits per heavy atom. The fourth-order valence-corrected chi connectivity index (χ4v) is 2.03. The first-order valence-corrected chi connectivity index (χ1v) is 7.34. The molecule has 0 atom stereocenters. The number of rotatable bonds is 0. The quantitative estimate of drug-likeness (QED) is 0.525. The van der Waals surface area contributed by atoms with E-state index in [-0.39, 0.29) is 11.6 Å². The highest BCUT2D eigenvalue weighted by atomic mass is 19.1. The maximum atomic E-state index is 12.9. The van der Waals surface area contributed by atoms with Crippen LogP contribution in [-0.4, -0.2) is 0 Å². The fourth-order valence-electron chi connectivity index (χ4n) is 2.03. The minimum Gasteiger partial charge on any atom is -0.207 e. The van der Waals surface area contributed by atoms with Gasteiger partial charge in [0.1, 0.15) is 11.6 Å². The van der Waals surface area contributed by atoms with Gasteiger partial charge in [0.2, 0.25) is 0 Å². The van der Waals surface area contributed by atoms with E-state index >= 15 is 0 Å². The molecule has 0 aliphatic heterocycles. The van der Waals surface area contributed by atoms with Gasteiger partial charge in [0.05, 0.1) is 0 Å². The zero-order chi connectivity index (χ0) is 16.8. The molecular formula is C22H12F2. The topological polar surface area (TPSA) is 0 Å². The Labute approximate surface area is 139 Å². The van der Waals surface area contributed by atoms with Gasteiger partial charge in [-0.05, 0) is 66.7 Å². The standard InChI is InChI=1S/C22H12F2/c23-21-12-8-17(9-13-21)4-6-19-2-1-3-20(16-19)7-5-18-10-14-22(24)15-11-18/h1-3,8-16H. The van der Waals surface area contributed by atoms with Crippen molar-refractivity contribution in [2.75, 3.05) is 0 Å². The summed E-state index contributed by atoms with van der Waals surface area (Å²) >= 11 is 0. The lowest BCUT2D eigenvalue weighted by molar-refractivity contribution is 0.627. The Morgan fingerprint density at radius 2 is 0.833 bits per heavy atom. The number of halogens is 2. The number of hydrogen-bond donors (Lipinski definition) is 0. The van der Waals surface area contributed by atoms with E-state index in [4.69, 9.17) is 0 Å². The molecule has 2 heteroatoms. The molecule has 0 saturated carbocycles. The van der Waals surface area contributed by atoms with Crippen LogP contribution >= 0.6 is 0 Å². The Hall–Kier alpha value is -3.36. The average molecular weight is 314 g/mol. The predicted molar refractivity (Wildman–Crippen MR) is 91.2 cm³/mol. The van der Waals surface area contributed by atoms with E-state index < -0.39 is 0 Å². The van der Waals surface area contributed by atoms with Crippen molar-refractivity contribution in [3.63, 3.8) is 0 Å². The molecule has 24 heavy (non-hydrogen) atoms. The van der Waals surface area contributed by atoms with Crippen LogP contribution in [0, 0.1) is 35.3 Å². The highest BCUT2D eigenvalue weighted by Crippen LogP contribution is 2.06. The Morgan fingerprint density at radius 1 is 0.458 bits per heavy atom. The molecule has 0 radical (unpaired) electrons. The van der Waals surface area contributed by atoms with Crippen molar-refractivity contribution >= 4 is 0 Å². The summed E-state index contributed by atoms with van der Waals surface area (Å²) in [5, 5.41) is 0. The third-order valence-corrected chi connectivity index (χ3v) is 3.25. The van der Waals surface area contributed by atoms with Crippen molar-refractivity contribution in [2.24, 2.45) is 0 Å². The van der Waals surface area contributed by atoms with Crippen molar-refractivity contribution in [2.45, 2.75) is 0 Å². The summed E-state index contributed by atoms with van der Waals surface area (Å²) in [6, 6.07) is 19.6. The summed E-state index contributed by atoms with van der Waals surface area (Å²) in [4.78, 5) is 0. The molecule has 0 nitrogen and oxygen atoms in total. The summed E-state index contributed by atoms with van der Waals surface area (Å²) in [6.45, 7) is 0. The smallest absolute Gasteiger partial charge is 0.123 e. The Kier molecular flexibility index (Phi) is 4.70. The van der Waals surface area contributed by atoms with Crippen LogP contribution in [0.4, 0.5) is 8.78 Å². The normalized spacial score (nSPS) is 9.42. The first-order chi connectivity index (χ1) is 11.7. The summed E-state index contributed by atoms with van der Waals surface area (Å²) in [5.74, 6) is 11.5. The fraction of sp³-hybridized carbons (Fsp3) is 0. The lowest BCUT2D eigenvalue weighted by Gasteiger charge is -1.94. The molecule has 0 fully saturated rings. The molecule has 3 aromatic rings. The van der Waals surface area contributed by atoms with E-state index in [1.807, 2.05) is 24.3 Å². The van der Waals surface area contributed by atoms with Crippen LogP contribution in [0.5, 0.6) is 0 Å². The molecule has 3 rings (SSSR count). The summed E-state index contributed by atoms with van der Waals surface area (Å²) in [6.07, 6.45) is 0. The van der Waals surface area contributed by atoms with E-state index in [2.05, 4.69) is 23.7 Å². The summed E-state index contributed by atoms with van der Waals surface area (Å²) in [7, 11) is 0. The van der Waals surface area contributed by atoms with Gasteiger partial charge in [0.15, 0.2) is 0 Å². The van der Waals surface area contributed by atoms with E-state index in [0.29, 0.717) is 0 Å². The summed E-state index contributed by atoms with van der Waals surface area (Å²) < 4.78 is 25.7. The molecule has 0 heterocycles. The zero-order valence-electron chi connectivity index (χ0n) is 12.7. The van der Waals surface area contributed by atoms with E-state index in [9.17, 15) is 8.78 Å². The lowest BCUT2D eigenvalue weighted by atomic mass is 10.1. The molecule has 0 amide bonds. The van der Waals surface area contributed by atoms with Crippen molar-refractivity contribution in [3.05, 3.63) is 107 Å². The predicted octanol–water partition coefficient (Wildman–Crippen LogP) is 4.76. The Bertz CT molecular complexity index is 882. The van der Waals surface area contributed by atoms with Crippen LogP contribution in [0.3, 0.4) is 0 Å². The molecule has 0 bridgehead atoms. The third-order valence-electron chi connectivity index (χ3n) is 3.25. The van der Waals surface area contributed by atoms with Crippen LogP contribution in [0.25, 0.3) is 0 Å². The van der Waals surface area contributed by atoms with Crippen molar-refractivity contribution in [1.29, 1.82) is 0 Å². The van der Waals surface area contributed by atoms with E-state index in [0.717, 1.165) is 22.3 Å². The van der Waals surface area contributed by atoms with Gasteiger partial charge in [0, 0.05) is 22.3 Å². The first-order valence-electron chi connectivity index (χ1n) is 7.34. The SMILES string of the molecule is Fc1ccc(C#Cc2cccc(C#Cc3ccc(F)cc3)c2)cc1. The van der Waals surface area contributed by atoms with E-state index in [1.54, 1.807) is 24.3 Å². The van der Waals surface area contributed by atoms with Crippen molar-refractivity contribution in [1.82, 2.24) is 0 Å². The highest BCUT2D eigenvalue weighted by Gasteiger charge is 1.93. The monoisotopic (exact) mass is 314 g/mol. The van der Waals surface area contributed by atoms with Crippen LogP contribution < -0.4 is 0 Å².